The molecular weight excluding hydrogens is 295 g/mol. The highest BCUT2D eigenvalue weighted by molar-refractivity contribution is 5.73. The number of nitrogens with zero attached hydrogens (tertiary/aromatic N) is 1. The predicted molar refractivity (Wildman–Crippen MR) is 84.1 cm³/mol. The average Bonchev–Trinajstić information content (AvgIpc) is 2.53. The van der Waals surface area contributed by atoms with Gasteiger partial charge in [-0.15, -0.1) is 0 Å². The third kappa shape index (κ3) is 2.69. The van der Waals surface area contributed by atoms with Crippen molar-refractivity contribution >= 4 is 12.0 Å². The lowest BCUT2D eigenvalue weighted by atomic mass is 9.90. The van der Waals surface area contributed by atoms with Gasteiger partial charge in [-0.05, 0) is 49.2 Å². The fraction of sp³-hybridized carbons (Fsp3) is 0.222. The number of benzene rings is 2. The van der Waals surface area contributed by atoms with E-state index in [-0.39, 0.29) is 5.56 Å². The van der Waals surface area contributed by atoms with Gasteiger partial charge in [0.1, 0.15) is 11.9 Å². The molecule has 1 N–H and O–H groups in total. The molecule has 0 aliphatic carbocycles. The van der Waals surface area contributed by atoms with Gasteiger partial charge in [0.05, 0.1) is 11.2 Å². The number of ether oxygens (including phenoxy) is 1. The topological polar surface area (TPSA) is 62.1 Å². The zero-order valence-electron chi connectivity index (χ0n) is 12.8. The van der Waals surface area contributed by atoms with Crippen LogP contribution in [0.2, 0.25) is 0 Å². The Balaban J connectivity index is 2.06. The van der Waals surface area contributed by atoms with Crippen LogP contribution in [-0.4, -0.2) is 12.5 Å². The molecule has 0 saturated carbocycles. The molecule has 0 saturated heterocycles. The van der Waals surface area contributed by atoms with Gasteiger partial charge in [0, 0.05) is 11.3 Å². The number of aldehydes is 1. The summed E-state index contributed by atoms with van der Waals surface area (Å²) in [4.78, 5) is 11.0. The third-order valence-corrected chi connectivity index (χ3v) is 3.93. The highest BCUT2D eigenvalue weighted by Gasteiger charge is 2.33. The lowest BCUT2D eigenvalue weighted by molar-refractivity contribution is -0.128. The van der Waals surface area contributed by atoms with Crippen molar-refractivity contribution in [3.05, 3.63) is 53.3 Å². The van der Waals surface area contributed by atoms with Gasteiger partial charge in [-0.3, -0.25) is 4.79 Å². The average molecular weight is 310 g/mol. The molecule has 1 heterocycles. The quantitative estimate of drug-likeness (QED) is 0.861. The molecule has 0 bridgehead atoms. The lowest BCUT2D eigenvalue weighted by Crippen LogP contribution is -2.39. The van der Waals surface area contributed by atoms with Crippen LogP contribution in [0.4, 0.5) is 10.1 Å². The minimum atomic E-state index is -0.685. The number of nitriles is 1. The Morgan fingerprint density at radius 3 is 2.61 bits per heavy atom. The molecule has 2 aromatic carbocycles. The van der Waals surface area contributed by atoms with E-state index in [1.165, 1.54) is 12.1 Å². The van der Waals surface area contributed by atoms with E-state index in [9.17, 15) is 9.18 Å². The molecule has 0 radical (unpaired) electrons. The van der Waals surface area contributed by atoms with Crippen LogP contribution in [-0.2, 0) is 15.1 Å². The molecule has 1 aliphatic heterocycles. The number of halogens is 1. The zero-order chi connectivity index (χ0) is 16.6. The molecule has 2 aromatic rings. The molecule has 1 aliphatic rings. The number of carbonyl (C=O) groups is 1. The fourth-order valence-corrected chi connectivity index (χ4v) is 2.76. The zero-order valence-corrected chi connectivity index (χ0v) is 12.8. The van der Waals surface area contributed by atoms with Gasteiger partial charge in [0.2, 0.25) is 0 Å². The van der Waals surface area contributed by atoms with Crippen LogP contribution < -0.4 is 5.32 Å². The summed E-state index contributed by atoms with van der Waals surface area (Å²) in [5.74, 6) is -0.544. The summed E-state index contributed by atoms with van der Waals surface area (Å²) in [7, 11) is 0. The van der Waals surface area contributed by atoms with E-state index >= 15 is 0 Å². The van der Waals surface area contributed by atoms with E-state index in [2.05, 4.69) is 5.32 Å². The first kappa shape index (κ1) is 15.2. The smallest absolute Gasteiger partial charge is 0.185 e. The van der Waals surface area contributed by atoms with Crippen molar-refractivity contribution in [2.75, 3.05) is 5.32 Å². The second-order valence-electron chi connectivity index (χ2n) is 5.90. The number of hydrogen-bond donors (Lipinski definition) is 1. The molecular formula is C18H15FN2O2. The van der Waals surface area contributed by atoms with Gasteiger partial charge in [-0.1, -0.05) is 12.1 Å². The SMILES string of the molecule is CC1(C)OC(C=O)Nc2ccc(-c3ccc(C#N)c(F)c3)cc21. The standard InChI is InChI=1S/C18H15FN2O2/c1-18(2)14-7-11(5-6-16(14)21-17(10-22)23-18)12-3-4-13(9-20)15(19)8-12/h3-8,10,17,21H,1-2H3. The fourth-order valence-electron chi connectivity index (χ4n) is 2.76. The van der Waals surface area contributed by atoms with Crippen molar-refractivity contribution in [2.24, 2.45) is 0 Å². The molecule has 116 valence electrons. The van der Waals surface area contributed by atoms with Crippen molar-refractivity contribution in [1.29, 1.82) is 5.26 Å². The van der Waals surface area contributed by atoms with Gasteiger partial charge < -0.3 is 10.1 Å². The normalized spacial score (nSPS) is 18.4. The molecule has 23 heavy (non-hydrogen) atoms. The number of nitrogens with one attached hydrogen (secondary N) is 1. The van der Waals surface area contributed by atoms with Gasteiger partial charge >= 0.3 is 0 Å². The minimum Gasteiger partial charge on any atom is -0.354 e. The lowest BCUT2D eigenvalue weighted by Gasteiger charge is -2.37. The summed E-state index contributed by atoms with van der Waals surface area (Å²) < 4.78 is 19.5. The van der Waals surface area contributed by atoms with E-state index in [0.29, 0.717) is 11.8 Å². The molecule has 3 rings (SSSR count). The Kier molecular flexibility index (Phi) is 3.63. The van der Waals surface area contributed by atoms with Crippen molar-refractivity contribution in [1.82, 2.24) is 0 Å². The summed E-state index contributed by atoms with van der Waals surface area (Å²) in [5.41, 5.74) is 2.57. The number of hydrogen-bond acceptors (Lipinski definition) is 4. The number of anilines is 1. The second-order valence-corrected chi connectivity index (χ2v) is 5.90. The highest BCUT2D eigenvalue weighted by atomic mass is 19.1. The van der Waals surface area contributed by atoms with Gasteiger partial charge in [-0.25, -0.2) is 4.39 Å². The Morgan fingerprint density at radius 2 is 1.96 bits per heavy atom. The van der Waals surface area contributed by atoms with E-state index < -0.39 is 17.6 Å². The van der Waals surface area contributed by atoms with Crippen LogP contribution in [0.25, 0.3) is 11.1 Å². The molecule has 0 amide bonds. The maximum atomic E-state index is 13.8. The molecule has 0 aromatic heterocycles. The largest absolute Gasteiger partial charge is 0.354 e. The van der Waals surface area contributed by atoms with Crippen LogP contribution in [0, 0.1) is 17.1 Å². The Bertz CT molecular complexity index is 824. The van der Waals surface area contributed by atoms with Crippen LogP contribution >= 0.6 is 0 Å². The molecule has 1 unspecified atom stereocenters. The second kappa shape index (κ2) is 5.49. The van der Waals surface area contributed by atoms with Crippen LogP contribution in [0.5, 0.6) is 0 Å². The van der Waals surface area contributed by atoms with Crippen molar-refractivity contribution in [3.8, 4) is 17.2 Å². The van der Waals surface area contributed by atoms with Crippen LogP contribution in [0.3, 0.4) is 0 Å². The third-order valence-electron chi connectivity index (χ3n) is 3.93. The van der Waals surface area contributed by atoms with Gasteiger partial charge in [0.25, 0.3) is 0 Å². The van der Waals surface area contributed by atoms with Crippen molar-refractivity contribution in [2.45, 2.75) is 25.7 Å². The summed E-state index contributed by atoms with van der Waals surface area (Å²) in [6.45, 7) is 3.76. The first-order valence-corrected chi connectivity index (χ1v) is 7.19. The van der Waals surface area contributed by atoms with Crippen molar-refractivity contribution < 1.29 is 13.9 Å². The maximum Gasteiger partial charge on any atom is 0.185 e. The number of rotatable bonds is 2. The summed E-state index contributed by atoms with van der Waals surface area (Å²) in [6, 6.07) is 11.9. The van der Waals surface area contributed by atoms with E-state index in [0.717, 1.165) is 16.8 Å². The van der Waals surface area contributed by atoms with Gasteiger partial charge in [-0.2, -0.15) is 5.26 Å². The Labute approximate surface area is 133 Å². The van der Waals surface area contributed by atoms with Gasteiger partial charge in [0.15, 0.2) is 12.5 Å². The minimum absolute atomic E-state index is 0.0193. The first-order chi connectivity index (χ1) is 10.9. The Morgan fingerprint density at radius 1 is 1.26 bits per heavy atom. The van der Waals surface area contributed by atoms with E-state index in [4.69, 9.17) is 10.00 Å². The maximum absolute atomic E-state index is 13.8. The molecule has 0 fully saturated rings. The Hall–Kier alpha value is -2.71. The molecule has 0 spiro atoms. The van der Waals surface area contributed by atoms with Crippen molar-refractivity contribution in [3.63, 3.8) is 0 Å². The van der Waals surface area contributed by atoms with E-state index in [1.54, 1.807) is 6.07 Å². The predicted octanol–water partition coefficient (Wildman–Crippen LogP) is 3.57. The molecule has 5 heteroatoms. The summed E-state index contributed by atoms with van der Waals surface area (Å²) >= 11 is 0. The summed E-state index contributed by atoms with van der Waals surface area (Å²) in [6.07, 6.45) is 0.0323. The van der Waals surface area contributed by atoms with Crippen LogP contribution in [0.15, 0.2) is 36.4 Å². The highest BCUT2D eigenvalue weighted by Crippen LogP contribution is 2.39. The monoisotopic (exact) mass is 310 g/mol. The molecule has 1 atom stereocenters. The molecule has 4 nitrogen and oxygen atoms in total. The number of fused-ring (bicyclic) bond motifs is 1. The summed E-state index contributed by atoms with van der Waals surface area (Å²) in [5, 5.41) is 11.8. The van der Waals surface area contributed by atoms with Crippen LogP contribution in [0.1, 0.15) is 25.0 Å². The van der Waals surface area contributed by atoms with E-state index in [1.807, 2.05) is 38.1 Å². The number of carbonyl (C=O) groups excluding carboxylic acids is 1. The first-order valence-electron chi connectivity index (χ1n) is 7.19.